The number of aliphatic hydroxyl groups excluding tert-OH is 8. The second-order valence-electron chi connectivity index (χ2n) is 19.3. The summed E-state index contributed by atoms with van der Waals surface area (Å²) in [6, 6.07) is -0.923. The summed E-state index contributed by atoms with van der Waals surface area (Å²) in [5.74, 6) is -0.254. The number of hydrogen-bond donors (Lipinski definition) is 9. The van der Waals surface area contributed by atoms with Crippen molar-refractivity contribution in [2.45, 2.75) is 254 Å². The minimum absolute atomic E-state index is 0.254. The van der Waals surface area contributed by atoms with E-state index < -0.39 is 86.8 Å². The zero-order chi connectivity index (χ0) is 52.4. The molecule has 2 heterocycles. The Hall–Kier alpha value is -2.83. The number of hydrogen-bond acceptors (Lipinski definition) is 13. The summed E-state index contributed by atoms with van der Waals surface area (Å²) in [4.78, 5) is 13.2. The van der Waals surface area contributed by atoms with Gasteiger partial charge in [-0.1, -0.05) is 189 Å². The van der Waals surface area contributed by atoms with E-state index in [-0.39, 0.29) is 18.9 Å². The van der Waals surface area contributed by atoms with E-state index in [1.807, 2.05) is 6.08 Å². The maximum Gasteiger partial charge on any atom is 0.220 e. The maximum atomic E-state index is 13.2. The van der Waals surface area contributed by atoms with Crippen molar-refractivity contribution in [3.8, 4) is 0 Å². The molecule has 0 aliphatic carbocycles. The number of carbonyl (C=O) groups excluding carboxylic acids is 1. The van der Waals surface area contributed by atoms with Crippen LogP contribution >= 0.6 is 0 Å². The lowest BCUT2D eigenvalue weighted by molar-refractivity contribution is -0.359. The van der Waals surface area contributed by atoms with E-state index in [2.05, 4.69) is 92.1 Å². The lowest BCUT2D eigenvalue weighted by Crippen LogP contribution is -2.65. The number of allylic oxidation sites excluding steroid dienone is 13. The lowest BCUT2D eigenvalue weighted by Gasteiger charge is -2.46. The van der Waals surface area contributed by atoms with Crippen LogP contribution < -0.4 is 5.32 Å². The summed E-state index contributed by atoms with van der Waals surface area (Å²) in [6.45, 7) is 2.63. The first kappa shape index (κ1) is 65.3. The van der Waals surface area contributed by atoms with E-state index in [1.165, 1.54) is 64.2 Å². The Balaban J connectivity index is 1.74. The lowest BCUT2D eigenvalue weighted by atomic mass is 9.97. The number of nitrogens with one attached hydrogen (secondary N) is 1. The summed E-state index contributed by atoms with van der Waals surface area (Å²) in [5.41, 5.74) is 0. The number of unbranched alkanes of at least 4 members (excludes halogenated alkanes) is 17. The summed E-state index contributed by atoms with van der Waals surface area (Å²) < 4.78 is 22.7. The first-order chi connectivity index (χ1) is 35.1. The van der Waals surface area contributed by atoms with E-state index >= 15 is 0 Å². The van der Waals surface area contributed by atoms with Crippen molar-refractivity contribution < 1.29 is 64.6 Å². The van der Waals surface area contributed by atoms with E-state index in [9.17, 15) is 45.6 Å². The van der Waals surface area contributed by atoms with Crippen molar-refractivity contribution in [3.63, 3.8) is 0 Å². The number of carbonyl (C=O) groups is 1. The van der Waals surface area contributed by atoms with Crippen molar-refractivity contribution in [1.82, 2.24) is 5.32 Å². The molecular formula is C58H99NO13. The quantitative estimate of drug-likeness (QED) is 0.0207. The van der Waals surface area contributed by atoms with Gasteiger partial charge in [-0.05, 0) is 70.6 Å². The molecule has 1 amide bonds. The normalized spacial score (nSPS) is 26.2. The molecule has 0 bridgehead atoms. The minimum Gasteiger partial charge on any atom is -0.394 e. The van der Waals surface area contributed by atoms with Gasteiger partial charge in [0.1, 0.15) is 48.8 Å². The summed E-state index contributed by atoms with van der Waals surface area (Å²) in [7, 11) is 0. The third-order valence-corrected chi connectivity index (χ3v) is 13.1. The second kappa shape index (κ2) is 43.4. The van der Waals surface area contributed by atoms with Crippen molar-refractivity contribution >= 4 is 5.91 Å². The average Bonchev–Trinajstić information content (AvgIpc) is 3.38. The molecule has 14 heteroatoms. The van der Waals surface area contributed by atoms with E-state index in [1.54, 1.807) is 6.08 Å². The molecule has 414 valence electrons. The Kier molecular flexibility index (Phi) is 39.4. The number of rotatable bonds is 42. The van der Waals surface area contributed by atoms with Gasteiger partial charge in [-0.15, -0.1) is 0 Å². The van der Waals surface area contributed by atoms with Crippen molar-refractivity contribution in [2.24, 2.45) is 0 Å². The summed E-state index contributed by atoms with van der Waals surface area (Å²) >= 11 is 0. The standard InChI is InChI=1S/C58H99NO13/c1-3-5-7-9-11-13-15-16-17-18-19-20-21-22-23-24-25-26-27-28-29-30-32-34-36-38-40-42-50(63)59-46(47(62)41-39-37-35-33-31-14-12-10-8-6-4-2)45-69-57-55(68)53(66)56(49(44-61)71-57)72-58-54(67)52(65)51(64)48(43-60)70-58/h5,7,11,13,16-17,19-20,22-23,25-26,39,41,46-49,51-58,60-62,64-68H,3-4,6,8-10,12,14-15,18,21,24,27-38,40,42-45H2,1-2H3,(H,59,63)/b7-5-,13-11-,17-16-,20-19-,23-22-,26-25-,41-39+. The van der Waals surface area contributed by atoms with Gasteiger partial charge in [0.25, 0.3) is 0 Å². The monoisotopic (exact) mass is 1020 g/mol. The molecule has 14 nitrogen and oxygen atoms in total. The topological polar surface area (TPSA) is 228 Å². The highest BCUT2D eigenvalue weighted by atomic mass is 16.7. The molecule has 0 aromatic heterocycles. The Labute approximate surface area is 433 Å². The third kappa shape index (κ3) is 29.3. The van der Waals surface area contributed by atoms with Gasteiger partial charge in [0.2, 0.25) is 5.91 Å². The minimum atomic E-state index is -1.79. The van der Waals surface area contributed by atoms with E-state index in [0.29, 0.717) is 6.42 Å². The molecule has 2 fully saturated rings. The fourth-order valence-electron chi connectivity index (χ4n) is 8.59. The highest BCUT2D eigenvalue weighted by molar-refractivity contribution is 5.76. The van der Waals surface area contributed by atoms with Crippen molar-refractivity contribution in [2.75, 3.05) is 19.8 Å². The van der Waals surface area contributed by atoms with Crippen LogP contribution in [0.2, 0.25) is 0 Å². The fourth-order valence-corrected chi connectivity index (χ4v) is 8.59. The molecule has 0 aromatic carbocycles. The van der Waals surface area contributed by atoms with Crippen LogP contribution in [-0.2, 0) is 23.7 Å². The third-order valence-electron chi connectivity index (χ3n) is 13.1. The molecule has 0 spiro atoms. The molecule has 72 heavy (non-hydrogen) atoms. The smallest absolute Gasteiger partial charge is 0.220 e. The molecular weight excluding hydrogens is 919 g/mol. The molecule has 0 radical (unpaired) electrons. The molecule has 9 N–H and O–H groups in total. The first-order valence-corrected chi connectivity index (χ1v) is 27.8. The zero-order valence-electron chi connectivity index (χ0n) is 44.1. The van der Waals surface area contributed by atoms with Crippen molar-refractivity contribution in [3.05, 3.63) is 85.1 Å². The predicted molar refractivity (Wildman–Crippen MR) is 286 cm³/mol. The van der Waals surface area contributed by atoms with Gasteiger partial charge in [-0.3, -0.25) is 4.79 Å². The zero-order valence-corrected chi connectivity index (χ0v) is 44.1. The Morgan fingerprint density at radius 2 is 0.958 bits per heavy atom. The molecule has 0 aromatic rings. The molecule has 0 saturated carbocycles. The van der Waals surface area contributed by atoms with E-state index in [0.717, 1.165) is 89.9 Å². The molecule has 2 saturated heterocycles. The Morgan fingerprint density at radius 1 is 0.514 bits per heavy atom. The van der Waals surface area contributed by atoms with Gasteiger partial charge in [0.05, 0.1) is 32.0 Å². The van der Waals surface area contributed by atoms with Gasteiger partial charge < -0.3 is 65.1 Å². The van der Waals surface area contributed by atoms with Crippen LogP contribution in [0.1, 0.15) is 181 Å². The average molecular weight is 1020 g/mol. The van der Waals surface area contributed by atoms with Gasteiger partial charge in [0, 0.05) is 6.42 Å². The number of amides is 1. The summed E-state index contributed by atoms with van der Waals surface area (Å²) in [6.07, 6.45) is 40.5. The molecule has 2 rings (SSSR count). The number of ether oxygens (including phenoxy) is 4. The Morgan fingerprint density at radius 3 is 1.47 bits per heavy atom. The van der Waals surface area contributed by atoms with Crippen LogP contribution in [0.4, 0.5) is 0 Å². The summed E-state index contributed by atoms with van der Waals surface area (Å²) in [5, 5.41) is 86.8. The SMILES string of the molecule is CC/C=C\C/C=C\C/C=C\C/C=C\C/C=C\C/C=C\CCCCCCCCCCC(=O)NC(COC1OC(CO)C(OC2OC(CO)C(O)C(O)C2O)C(O)C1O)C(O)/C=C/CCCCCCCCCCC. The molecule has 12 atom stereocenters. The highest BCUT2D eigenvalue weighted by Gasteiger charge is 2.51. The van der Waals surface area contributed by atoms with Crippen LogP contribution in [-0.4, -0.2) is 140 Å². The van der Waals surface area contributed by atoms with Gasteiger partial charge in [-0.2, -0.15) is 0 Å². The molecule has 2 aliphatic heterocycles. The first-order valence-electron chi connectivity index (χ1n) is 27.8. The number of aliphatic hydroxyl groups is 8. The second-order valence-corrected chi connectivity index (χ2v) is 19.3. The molecule has 12 unspecified atom stereocenters. The van der Waals surface area contributed by atoms with Gasteiger partial charge in [0.15, 0.2) is 12.6 Å². The predicted octanol–water partition coefficient (Wildman–Crippen LogP) is 8.55. The van der Waals surface area contributed by atoms with Crippen LogP contribution in [0, 0.1) is 0 Å². The fraction of sp³-hybridized carbons (Fsp3) is 0.741. The Bertz CT molecular complexity index is 1530. The van der Waals surface area contributed by atoms with Gasteiger partial charge >= 0.3 is 0 Å². The maximum absolute atomic E-state index is 13.2. The molecule has 2 aliphatic rings. The van der Waals surface area contributed by atoms with Crippen LogP contribution in [0.5, 0.6) is 0 Å². The largest absolute Gasteiger partial charge is 0.394 e. The van der Waals surface area contributed by atoms with Crippen LogP contribution in [0.25, 0.3) is 0 Å². The van der Waals surface area contributed by atoms with Gasteiger partial charge in [-0.25, -0.2) is 0 Å². The van der Waals surface area contributed by atoms with Crippen LogP contribution in [0.3, 0.4) is 0 Å². The van der Waals surface area contributed by atoms with E-state index in [4.69, 9.17) is 18.9 Å². The van der Waals surface area contributed by atoms with Crippen molar-refractivity contribution in [1.29, 1.82) is 0 Å². The van der Waals surface area contributed by atoms with Crippen LogP contribution in [0.15, 0.2) is 85.1 Å². The highest BCUT2D eigenvalue weighted by Crippen LogP contribution is 2.30.